The summed E-state index contributed by atoms with van der Waals surface area (Å²) in [6.45, 7) is 3.68. The summed E-state index contributed by atoms with van der Waals surface area (Å²) in [5.74, 6) is 0.300. The van der Waals surface area contributed by atoms with E-state index in [0.717, 1.165) is 25.1 Å². The fourth-order valence-corrected chi connectivity index (χ4v) is 2.12. The van der Waals surface area contributed by atoms with Gasteiger partial charge in [-0.2, -0.15) is 0 Å². The molecule has 1 aromatic carbocycles. The van der Waals surface area contributed by atoms with Crippen molar-refractivity contribution in [1.29, 1.82) is 0 Å². The van der Waals surface area contributed by atoms with E-state index in [0.29, 0.717) is 19.0 Å². The van der Waals surface area contributed by atoms with Gasteiger partial charge in [0.15, 0.2) is 5.75 Å². The molecule has 0 amide bonds. The minimum Gasteiger partial charge on any atom is -0.487 e. The minimum absolute atomic E-state index is 0.00714. The first-order valence-corrected chi connectivity index (χ1v) is 6.46. The smallest absolute Gasteiger partial charge is 0.311 e. The molecule has 6 heteroatoms. The van der Waals surface area contributed by atoms with Gasteiger partial charge in [-0.3, -0.25) is 10.1 Å². The van der Waals surface area contributed by atoms with Crippen LogP contribution in [0.5, 0.6) is 5.75 Å². The normalized spacial score (nSPS) is 18.9. The third-order valence-electron chi connectivity index (χ3n) is 2.99. The van der Waals surface area contributed by atoms with E-state index in [-0.39, 0.29) is 11.7 Å². The number of ether oxygens (including phenoxy) is 2. The lowest BCUT2D eigenvalue weighted by Crippen LogP contribution is -2.29. The van der Waals surface area contributed by atoms with E-state index in [9.17, 15) is 10.1 Å². The van der Waals surface area contributed by atoms with Crippen molar-refractivity contribution < 1.29 is 14.4 Å². The summed E-state index contributed by atoms with van der Waals surface area (Å²) in [6, 6.07) is 5.10. The van der Waals surface area contributed by atoms with E-state index >= 15 is 0 Å². The van der Waals surface area contributed by atoms with Crippen molar-refractivity contribution in [2.45, 2.75) is 25.8 Å². The molecule has 1 aliphatic heterocycles. The molecule has 0 bridgehead atoms. The largest absolute Gasteiger partial charge is 0.487 e. The van der Waals surface area contributed by atoms with Crippen LogP contribution in [-0.4, -0.2) is 30.8 Å². The number of benzene rings is 1. The maximum Gasteiger partial charge on any atom is 0.311 e. The Morgan fingerprint density at radius 1 is 1.58 bits per heavy atom. The highest BCUT2D eigenvalue weighted by molar-refractivity contribution is 5.58. The Kier molecular flexibility index (Phi) is 4.57. The highest BCUT2D eigenvalue weighted by Gasteiger charge is 2.18. The van der Waals surface area contributed by atoms with E-state index < -0.39 is 4.92 Å². The van der Waals surface area contributed by atoms with Gasteiger partial charge >= 0.3 is 5.69 Å². The minimum atomic E-state index is -0.432. The van der Waals surface area contributed by atoms with Crippen LogP contribution < -0.4 is 10.1 Å². The molecule has 1 aromatic rings. The molecule has 104 valence electrons. The van der Waals surface area contributed by atoms with Gasteiger partial charge in [-0.15, -0.1) is 0 Å². The standard InChI is InChI=1S/C13H18N2O4/c1-2-19-13-8-10(5-6-12(13)15(16)17)14-11-4-3-7-18-9-11/h5-6,8,11,14H,2-4,7,9H2,1H3. The molecule has 0 aromatic heterocycles. The number of anilines is 1. The molecule has 0 radical (unpaired) electrons. The molecule has 1 N–H and O–H groups in total. The molecule has 19 heavy (non-hydrogen) atoms. The average Bonchev–Trinajstić information content (AvgIpc) is 2.40. The summed E-state index contributed by atoms with van der Waals surface area (Å²) < 4.78 is 10.7. The van der Waals surface area contributed by atoms with Crippen LogP contribution in [0.15, 0.2) is 18.2 Å². The Balaban J connectivity index is 2.12. The third-order valence-corrected chi connectivity index (χ3v) is 2.99. The van der Waals surface area contributed by atoms with Gasteiger partial charge in [-0.05, 0) is 25.8 Å². The van der Waals surface area contributed by atoms with Gasteiger partial charge in [0.2, 0.25) is 0 Å². The van der Waals surface area contributed by atoms with E-state index in [1.165, 1.54) is 6.07 Å². The van der Waals surface area contributed by atoms with Crippen LogP contribution in [0.25, 0.3) is 0 Å². The van der Waals surface area contributed by atoms with Gasteiger partial charge in [0.1, 0.15) is 0 Å². The molecule has 1 aliphatic rings. The van der Waals surface area contributed by atoms with Crippen LogP contribution in [0.4, 0.5) is 11.4 Å². The SMILES string of the molecule is CCOc1cc(NC2CCCOC2)ccc1[N+](=O)[O-]. The first-order chi connectivity index (χ1) is 9.20. The first kappa shape index (κ1) is 13.6. The summed E-state index contributed by atoms with van der Waals surface area (Å²) >= 11 is 0. The first-order valence-electron chi connectivity index (χ1n) is 6.46. The van der Waals surface area contributed by atoms with Crippen LogP contribution in [0, 0.1) is 10.1 Å². The second-order valence-corrected chi connectivity index (χ2v) is 4.43. The number of nitro benzene ring substituents is 1. The second kappa shape index (κ2) is 6.38. The summed E-state index contributed by atoms with van der Waals surface area (Å²) in [5.41, 5.74) is 0.817. The van der Waals surface area contributed by atoms with Crippen molar-refractivity contribution in [3.63, 3.8) is 0 Å². The van der Waals surface area contributed by atoms with Gasteiger partial charge < -0.3 is 14.8 Å². The number of nitro groups is 1. The Bertz CT molecular complexity index is 444. The van der Waals surface area contributed by atoms with E-state index in [1.54, 1.807) is 19.1 Å². The van der Waals surface area contributed by atoms with Crippen LogP contribution >= 0.6 is 0 Å². The molecule has 0 aliphatic carbocycles. The number of hydrogen-bond acceptors (Lipinski definition) is 5. The predicted molar refractivity (Wildman–Crippen MR) is 71.7 cm³/mol. The molecule has 1 unspecified atom stereocenters. The monoisotopic (exact) mass is 266 g/mol. The van der Waals surface area contributed by atoms with E-state index in [2.05, 4.69) is 5.32 Å². The Labute approximate surface area is 111 Å². The van der Waals surface area contributed by atoms with E-state index in [1.807, 2.05) is 0 Å². The Hall–Kier alpha value is -1.82. The predicted octanol–water partition coefficient (Wildman–Crippen LogP) is 2.58. The number of rotatable bonds is 5. The van der Waals surface area contributed by atoms with Gasteiger partial charge in [-0.25, -0.2) is 0 Å². The number of nitrogens with zero attached hydrogens (tertiary/aromatic N) is 1. The quantitative estimate of drug-likeness (QED) is 0.655. The molecule has 0 saturated carbocycles. The van der Waals surface area contributed by atoms with E-state index in [4.69, 9.17) is 9.47 Å². The van der Waals surface area contributed by atoms with Crippen molar-refractivity contribution in [2.75, 3.05) is 25.1 Å². The van der Waals surface area contributed by atoms with Crippen LogP contribution in [-0.2, 0) is 4.74 Å². The summed E-state index contributed by atoms with van der Waals surface area (Å²) in [5, 5.41) is 14.2. The van der Waals surface area contributed by atoms with Crippen molar-refractivity contribution in [2.24, 2.45) is 0 Å². The number of hydrogen-bond donors (Lipinski definition) is 1. The molecular weight excluding hydrogens is 248 g/mol. The fraction of sp³-hybridized carbons (Fsp3) is 0.538. The van der Waals surface area contributed by atoms with Gasteiger partial charge in [0.05, 0.1) is 18.1 Å². The zero-order valence-electron chi connectivity index (χ0n) is 10.9. The highest BCUT2D eigenvalue weighted by Crippen LogP contribution is 2.30. The molecule has 0 spiro atoms. The summed E-state index contributed by atoms with van der Waals surface area (Å²) in [4.78, 5) is 10.5. The molecule has 1 fully saturated rings. The summed E-state index contributed by atoms with van der Waals surface area (Å²) in [6.07, 6.45) is 2.07. The van der Waals surface area contributed by atoms with Crippen LogP contribution in [0.3, 0.4) is 0 Å². The van der Waals surface area contributed by atoms with Crippen molar-refractivity contribution >= 4 is 11.4 Å². The maximum atomic E-state index is 10.9. The lowest BCUT2D eigenvalue weighted by atomic mass is 10.1. The zero-order chi connectivity index (χ0) is 13.7. The molecular formula is C13H18N2O4. The Morgan fingerprint density at radius 3 is 3.05 bits per heavy atom. The number of nitrogens with one attached hydrogen (secondary N) is 1. The highest BCUT2D eigenvalue weighted by atomic mass is 16.6. The van der Waals surface area contributed by atoms with Gasteiger partial charge in [-0.1, -0.05) is 0 Å². The molecule has 1 atom stereocenters. The molecule has 6 nitrogen and oxygen atoms in total. The molecule has 1 heterocycles. The van der Waals surface area contributed by atoms with Crippen molar-refractivity contribution in [3.05, 3.63) is 28.3 Å². The van der Waals surface area contributed by atoms with Crippen LogP contribution in [0.2, 0.25) is 0 Å². The lowest BCUT2D eigenvalue weighted by Gasteiger charge is -2.24. The zero-order valence-corrected chi connectivity index (χ0v) is 10.9. The molecule has 2 rings (SSSR count). The molecule has 1 saturated heterocycles. The van der Waals surface area contributed by atoms with Crippen LogP contribution in [0.1, 0.15) is 19.8 Å². The second-order valence-electron chi connectivity index (χ2n) is 4.43. The maximum absolute atomic E-state index is 10.9. The van der Waals surface area contributed by atoms with Crippen molar-refractivity contribution in [3.8, 4) is 5.75 Å². The van der Waals surface area contributed by atoms with Gasteiger partial charge in [0, 0.05) is 30.5 Å². The summed E-state index contributed by atoms with van der Waals surface area (Å²) in [7, 11) is 0. The topological polar surface area (TPSA) is 73.6 Å². The van der Waals surface area contributed by atoms with Gasteiger partial charge in [0.25, 0.3) is 0 Å². The lowest BCUT2D eigenvalue weighted by molar-refractivity contribution is -0.385. The fourth-order valence-electron chi connectivity index (χ4n) is 2.12. The average molecular weight is 266 g/mol. The van der Waals surface area contributed by atoms with Crippen molar-refractivity contribution in [1.82, 2.24) is 0 Å². The Morgan fingerprint density at radius 2 is 2.42 bits per heavy atom. The third kappa shape index (κ3) is 3.57.